The summed E-state index contributed by atoms with van der Waals surface area (Å²) in [4.78, 5) is 19.0. The summed E-state index contributed by atoms with van der Waals surface area (Å²) in [5, 5.41) is 13.7. The van der Waals surface area contributed by atoms with E-state index < -0.39 is 6.04 Å². The predicted octanol–water partition coefficient (Wildman–Crippen LogP) is 4.96. The maximum absolute atomic E-state index is 13.8. The molecule has 0 aliphatic rings. The Balaban J connectivity index is 1.51. The van der Waals surface area contributed by atoms with Crippen LogP contribution in [0.3, 0.4) is 0 Å². The second-order valence-electron chi connectivity index (χ2n) is 9.56. The Morgan fingerprint density at radius 3 is 2.42 bits per heavy atom. The topological polar surface area (TPSA) is 102 Å². The molecule has 3 heterocycles. The molecule has 6 aromatic rings. The number of furan rings is 1. The molecule has 3 aromatic heterocycles. The molecule has 3 aromatic carbocycles. The second kappa shape index (κ2) is 11.4. The quantitative estimate of drug-likeness (QED) is 0.266. The monoisotopic (exact) mass is 532 g/mol. The summed E-state index contributed by atoms with van der Waals surface area (Å²) in [7, 11) is 1.60. The lowest BCUT2D eigenvalue weighted by molar-refractivity contribution is 0.179. The molecule has 9 nitrogen and oxygen atoms in total. The van der Waals surface area contributed by atoms with Gasteiger partial charge in [0.2, 0.25) is 0 Å². The smallest absolute Gasteiger partial charge is 0.253 e. The molecular formula is C31H28N6O3. The van der Waals surface area contributed by atoms with Gasteiger partial charge in [-0.25, -0.2) is 4.68 Å². The Bertz CT molecular complexity index is 1750. The minimum Gasteiger partial charge on any atom is -0.497 e. The number of fused-ring (bicyclic) bond motifs is 1. The van der Waals surface area contributed by atoms with E-state index in [1.807, 2.05) is 84.9 Å². The first-order valence-corrected chi connectivity index (χ1v) is 13.0. The Morgan fingerprint density at radius 2 is 1.70 bits per heavy atom. The second-order valence-corrected chi connectivity index (χ2v) is 9.56. The summed E-state index contributed by atoms with van der Waals surface area (Å²) < 4.78 is 12.9. The van der Waals surface area contributed by atoms with Crippen molar-refractivity contribution in [2.75, 3.05) is 7.11 Å². The minimum atomic E-state index is -0.584. The van der Waals surface area contributed by atoms with Gasteiger partial charge in [-0.1, -0.05) is 60.7 Å². The van der Waals surface area contributed by atoms with Crippen molar-refractivity contribution in [3.8, 4) is 5.75 Å². The standard InChI is InChI=1S/C31H28N6O3/c1-39-25-15-14-24-17-27(31(38)32-28(24)18-25)29(30-33-34-35-37(30)20-23-11-6-3-7-12-23)36(21-26-13-8-16-40-26)19-22-9-4-2-5-10-22/h2-18,29H,19-21H2,1H3,(H,32,38). The van der Waals surface area contributed by atoms with Crippen LogP contribution >= 0.6 is 0 Å². The Hall–Kier alpha value is -5.02. The van der Waals surface area contributed by atoms with Gasteiger partial charge in [-0.3, -0.25) is 9.69 Å². The molecule has 6 rings (SSSR count). The molecule has 0 saturated heterocycles. The van der Waals surface area contributed by atoms with Crippen molar-refractivity contribution in [3.05, 3.63) is 142 Å². The summed E-state index contributed by atoms with van der Waals surface area (Å²) >= 11 is 0. The van der Waals surface area contributed by atoms with E-state index in [2.05, 4.69) is 37.5 Å². The van der Waals surface area contributed by atoms with Crippen molar-refractivity contribution >= 4 is 10.9 Å². The van der Waals surface area contributed by atoms with E-state index in [1.165, 1.54) is 0 Å². The summed E-state index contributed by atoms with van der Waals surface area (Å²) in [6.45, 7) is 1.43. The third kappa shape index (κ3) is 5.41. The minimum absolute atomic E-state index is 0.225. The predicted molar refractivity (Wildman–Crippen MR) is 151 cm³/mol. The molecule has 0 fully saturated rings. The highest BCUT2D eigenvalue weighted by Gasteiger charge is 2.31. The van der Waals surface area contributed by atoms with Crippen LogP contribution in [0, 0.1) is 0 Å². The van der Waals surface area contributed by atoms with Gasteiger partial charge >= 0.3 is 0 Å². The lowest BCUT2D eigenvalue weighted by atomic mass is 10.0. The van der Waals surface area contributed by atoms with E-state index in [0.29, 0.717) is 42.3 Å². The zero-order valence-corrected chi connectivity index (χ0v) is 22.0. The van der Waals surface area contributed by atoms with Crippen molar-refractivity contribution in [1.29, 1.82) is 0 Å². The molecule has 200 valence electrons. The van der Waals surface area contributed by atoms with Crippen molar-refractivity contribution in [3.63, 3.8) is 0 Å². The Morgan fingerprint density at radius 1 is 0.925 bits per heavy atom. The van der Waals surface area contributed by atoms with E-state index >= 15 is 0 Å². The number of nitrogens with zero attached hydrogens (tertiary/aromatic N) is 5. The van der Waals surface area contributed by atoms with Gasteiger partial charge in [0.25, 0.3) is 5.56 Å². The van der Waals surface area contributed by atoms with Crippen LogP contribution in [-0.4, -0.2) is 37.2 Å². The lowest BCUT2D eigenvalue weighted by Crippen LogP contribution is -2.34. The van der Waals surface area contributed by atoms with Crippen molar-refractivity contribution in [2.45, 2.75) is 25.7 Å². The number of aromatic nitrogens is 5. The molecule has 1 unspecified atom stereocenters. The average molecular weight is 533 g/mol. The molecule has 40 heavy (non-hydrogen) atoms. The number of hydrogen-bond acceptors (Lipinski definition) is 7. The van der Waals surface area contributed by atoms with Crippen molar-refractivity contribution in [1.82, 2.24) is 30.1 Å². The number of H-pyrrole nitrogens is 1. The van der Waals surface area contributed by atoms with Crippen LogP contribution in [-0.2, 0) is 19.6 Å². The molecule has 1 N–H and O–H groups in total. The number of tetrazole rings is 1. The first-order valence-electron chi connectivity index (χ1n) is 13.0. The van der Waals surface area contributed by atoms with Crippen LogP contribution in [0.15, 0.2) is 113 Å². The molecule has 0 aliphatic heterocycles. The first kappa shape index (κ1) is 25.3. The van der Waals surface area contributed by atoms with Gasteiger partial charge in [0, 0.05) is 18.2 Å². The molecule has 0 spiro atoms. The van der Waals surface area contributed by atoms with Gasteiger partial charge in [-0.2, -0.15) is 0 Å². The van der Waals surface area contributed by atoms with Gasteiger partial charge in [-0.05, 0) is 57.3 Å². The highest BCUT2D eigenvalue weighted by atomic mass is 16.5. The highest BCUT2D eigenvalue weighted by Crippen LogP contribution is 2.31. The summed E-state index contributed by atoms with van der Waals surface area (Å²) in [5.41, 5.74) is 3.14. The van der Waals surface area contributed by atoms with E-state index in [9.17, 15) is 4.79 Å². The maximum Gasteiger partial charge on any atom is 0.253 e. The molecule has 9 heteroatoms. The highest BCUT2D eigenvalue weighted by molar-refractivity contribution is 5.80. The van der Waals surface area contributed by atoms with E-state index in [1.54, 1.807) is 18.1 Å². The fraction of sp³-hybridized carbons (Fsp3) is 0.161. The number of nitrogens with one attached hydrogen (secondary N) is 1. The first-order chi connectivity index (χ1) is 19.7. The summed E-state index contributed by atoms with van der Waals surface area (Å²) in [6.07, 6.45) is 1.65. The zero-order chi connectivity index (χ0) is 27.3. The Kier molecular flexibility index (Phi) is 7.19. The lowest BCUT2D eigenvalue weighted by Gasteiger charge is -2.30. The largest absolute Gasteiger partial charge is 0.497 e. The van der Waals surface area contributed by atoms with Gasteiger partial charge in [0.15, 0.2) is 5.82 Å². The zero-order valence-electron chi connectivity index (χ0n) is 22.0. The number of hydrogen-bond donors (Lipinski definition) is 1. The molecular weight excluding hydrogens is 504 g/mol. The van der Waals surface area contributed by atoms with Gasteiger partial charge in [0.05, 0.1) is 32.0 Å². The number of benzene rings is 3. The molecule has 0 radical (unpaired) electrons. The SMILES string of the molecule is COc1ccc2cc(C(c3nnnn3Cc3ccccc3)N(Cc3ccccc3)Cc3ccco3)c(=O)[nH]c2c1. The van der Waals surface area contributed by atoms with Crippen molar-refractivity contribution in [2.24, 2.45) is 0 Å². The van der Waals surface area contributed by atoms with E-state index in [0.717, 1.165) is 22.3 Å². The summed E-state index contributed by atoms with van der Waals surface area (Å²) in [5.74, 6) is 2.00. The molecule has 0 saturated carbocycles. The fourth-order valence-electron chi connectivity index (χ4n) is 4.96. The van der Waals surface area contributed by atoms with Crippen LogP contribution in [0.4, 0.5) is 0 Å². The van der Waals surface area contributed by atoms with Crippen LogP contribution < -0.4 is 10.3 Å². The number of rotatable bonds is 10. The Labute approximate surface area is 230 Å². The normalized spacial score (nSPS) is 12.2. The fourth-order valence-corrected chi connectivity index (χ4v) is 4.96. The number of aromatic amines is 1. The molecule has 0 amide bonds. The maximum atomic E-state index is 13.8. The third-order valence-electron chi connectivity index (χ3n) is 6.89. The van der Waals surface area contributed by atoms with Crippen molar-refractivity contribution < 1.29 is 9.15 Å². The van der Waals surface area contributed by atoms with Crippen LogP contribution in [0.5, 0.6) is 5.75 Å². The van der Waals surface area contributed by atoms with E-state index in [-0.39, 0.29) is 5.56 Å². The third-order valence-corrected chi connectivity index (χ3v) is 6.89. The number of ether oxygens (including phenoxy) is 1. The van der Waals surface area contributed by atoms with Crippen LogP contribution in [0.2, 0.25) is 0 Å². The molecule has 0 bridgehead atoms. The van der Waals surface area contributed by atoms with Gasteiger partial charge in [-0.15, -0.1) is 5.10 Å². The summed E-state index contributed by atoms with van der Waals surface area (Å²) in [6, 6.07) is 30.9. The van der Waals surface area contributed by atoms with Crippen LogP contribution in [0.1, 0.15) is 34.3 Å². The van der Waals surface area contributed by atoms with Crippen LogP contribution in [0.25, 0.3) is 10.9 Å². The van der Waals surface area contributed by atoms with Gasteiger partial charge < -0.3 is 14.1 Å². The van der Waals surface area contributed by atoms with Gasteiger partial charge in [0.1, 0.15) is 17.6 Å². The number of pyridine rings is 1. The number of methoxy groups -OCH3 is 1. The van der Waals surface area contributed by atoms with E-state index in [4.69, 9.17) is 9.15 Å². The average Bonchev–Trinajstić information content (AvgIpc) is 3.67. The molecule has 0 aliphatic carbocycles. The molecule has 1 atom stereocenters.